The summed E-state index contributed by atoms with van der Waals surface area (Å²) < 4.78 is 21.9. The molecule has 1 amide bonds. The van der Waals surface area contributed by atoms with Gasteiger partial charge in [0.15, 0.2) is 10.7 Å². The molecule has 0 aliphatic carbocycles. The predicted octanol–water partition coefficient (Wildman–Crippen LogP) is 4.65. The van der Waals surface area contributed by atoms with Crippen molar-refractivity contribution in [1.82, 2.24) is 10.3 Å². The van der Waals surface area contributed by atoms with Crippen LogP contribution in [0.1, 0.15) is 10.4 Å². The van der Waals surface area contributed by atoms with Crippen LogP contribution in [0.5, 0.6) is 17.2 Å². The van der Waals surface area contributed by atoms with Crippen molar-refractivity contribution < 1.29 is 23.4 Å². The lowest BCUT2D eigenvalue weighted by Crippen LogP contribution is -2.34. The zero-order valence-corrected chi connectivity index (χ0v) is 19.0. The summed E-state index contributed by atoms with van der Waals surface area (Å²) in [7, 11) is 4.50. The van der Waals surface area contributed by atoms with Gasteiger partial charge in [0.05, 0.1) is 27.0 Å². The van der Waals surface area contributed by atoms with Crippen LogP contribution in [0.25, 0.3) is 22.6 Å². The second-order valence-corrected chi connectivity index (χ2v) is 7.26. The number of carbonyl (C=O) groups excluding carboxylic acids is 1. The second-order valence-electron chi connectivity index (χ2n) is 6.85. The molecule has 0 saturated heterocycles. The first kappa shape index (κ1) is 22.1. The highest BCUT2D eigenvalue weighted by Gasteiger charge is 2.20. The van der Waals surface area contributed by atoms with Crippen LogP contribution in [0, 0.1) is 0 Å². The molecule has 8 nitrogen and oxygen atoms in total. The van der Waals surface area contributed by atoms with E-state index in [0.29, 0.717) is 34.4 Å². The van der Waals surface area contributed by atoms with Crippen LogP contribution in [0.15, 0.2) is 65.1 Å². The molecule has 168 valence electrons. The Morgan fingerprint density at radius 3 is 2.27 bits per heavy atom. The number of ether oxygens (including phenoxy) is 3. The van der Waals surface area contributed by atoms with E-state index in [0.717, 1.165) is 11.1 Å². The number of fused-ring (bicyclic) bond motifs is 1. The third-order valence-corrected chi connectivity index (χ3v) is 5.07. The van der Waals surface area contributed by atoms with E-state index in [4.69, 9.17) is 30.8 Å². The van der Waals surface area contributed by atoms with Gasteiger partial charge < -0.3 is 23.9 Å². The molecule has 3 aromatic carbocycles. The van der Waals surface area contributed by atoms with Gasteiger partial charge in [-0.1, -0.05) is 18.2 Å². The standard InChI is InChI=1S/C24H21N3O5S/c1-29-17-12-11-14(23-25-15-7-4-5-8-18(15)32-23)13-16(17)26-24(33)27-22(28)21-19(30-2)9-6-10-20(21)31-3/h4-13H,1-3H3,(H2,26,27,28,33). The maximum absolute atomic E-state index is 12.9. The lowest BCUT2D eigenvalue weighted by Gasteiger charge is -2.15. The molecule has 33 heavy (non-hydrogen) atoms. The monoisotopic (exact) mass is 463 g/mol. The predicted molar refractivity (Wildman–Crippen MR) is 129 cm³/mol. The number of thiocarbonyl (C=S) groups is 1. The van der Waals surface area contributed by atoms with Crippen LogP contribution in [-0.4, -0.2) is 37.3 Å². The van der Waals surface area contributed by atoms with Gasteiger partial charge in [-0.3, -0.25) is 10.1 Å². The van der Waals surface area contributed by atoms with Gasteiger partial charge in [0, 0.05) is 5.56 Å². The highest BCUT2D eigenvalue weighted by atomic mass is 32.1. The summed E-state index contributed by atoms with van der Waals surface area (Å²) >= 11 is 5.37. The Hall–Kier alpha value is -4.11. The molecular weight excluding hydrogens is 442 g/mol. The number of anilines is 1. The van der Waals surface area contributed by atoms with Crippen LogP contribution in [0.2, 0.25) is 0 Å². The molecule has 0 radical (unpaired) electrons. The molecule has 9 heteroatoms. The molecule has 1 heterocycles. The first-order valence-corrected chi connectivity index (χ1v) is 10.3. The normalized spacial score (nSPS) is 10.5. The summed E-state index contributed by atoms with van der Waals surface area (Å²) in [6.45, 7) is 0. The van der Waals surface area contributed by atoms with Crippen molar-refractivity contribution in [2.75, 3.05) is 26.6 Å². The molecule has 0 unspecified atom stereocenters. The van der Waals surface area contributed by atoms with Crippen molar-refractivity contribution in [3.05, 3.63) is 66.2 Å². The molecule has 0 spiro atoms. The van der Waals surface area contributed by atoms with Gasteiger partial charge in [-0.25, -0.2) is 4.98 Å². The maximum atomic E-state index is 12.9. The number of nitrogens with one attached hydrogen (secondary N) is 2. The summed E-state index contributed by atoms with van der Waals surface area (Å²) in [6, 6.07) is 18.0. The number of benzene rings is 3. The molecule has 0 fully saturated rings. The van der Waals surface area contributed by atoms with Gasteiger partial charge in [-0.2, -0.15) is 0 Å². The molecule has 0 atom stereocenters. The van der Waals surface area contributed by atoms with Crippen LogP contribution in [0.3, 0.4) is 0 Å². The van der Waals surface area contributed by atoms with E-state index in [9.17, 15) is 4.79 Å². The maximum Gasteiger partial charge on any atom is 0.264 e. The highest BCUT2D eigenvalue weighted by molar-refractivity contribution is 7.80. The molecule has 4 aromatic rings. The van der Waals surface area contributed by atoms with E-state index >= 15 is 0 Å². The number of hydrogen-bond acceptors (Lipinski definition) is 7. The largest absolute Gasteiger partial charge is 0.496 e. The topological polar surface area (TPSA) is 94.9 Å². The van der Waals surface area contributed by atoms with Crippen molar-refractivity contribution >= 4 is 40.0 Å². The summed E-state index contributed by atoms with van der Waals surface area (Å²) in [6.07, 6.45) is 0. The Kier molecular flexibility index (Phi) is 6.41. The average Bonchev–Trinajstić information content (AvgIpc) is 3.27. The van der Waals surface area contributed by atoms with Crippen molar-refractivity contribution in [3.63, 3.8) is 0 Å². The number of nitrogens with zero attached hydrogens (tertiary/aromatic N) is 1. The minimum absolute atomic E-state index is 0.0703. The van der Waals surface area contributed by atoms with E-state index in [2.05, 4.69) is 15.6 Å². The molecule has 4 rings (SSSR count). The van der Waals surface area contributed by atoms with Crippen molar-refractivity contribution in [1.29, 1.82) is 0 Å². The van der Waals surface area contributed by atoms with E-state index in [1.54, 1.807) is 37.4 Å². The fourth-order valence-electron chi connectivity index (χ4n) is 3.33. The molecule has 0 aliphatic heterocycles. The number of aromatic nitrogens is 1. The Labute approximate surface area is 195 Å². The second kappa shape index (κ2) is 9.58. The number of methoxy groups -OCH3 is 3. The fourth-order valence-corrected chi connectivity index (χ4v) is 3.53. The Balaban J connectivity index is 1.58. The lowest BCUT2D eigenvalue weighted by molar-refractivity contribution is 0.0971. The first-order valence-electron chi connectivity index (χ1n) is 9.91. The molecular formula is C24H21N3O5S. The van der Waals surface area contributed by atoms with Gasteiger partial charge in [0.1, 0.15) is 28.3 Å². The number of amides is 1. The van der Waals surface area contributed by atoms with Gasteiger partial charge in [-0.15, -0.1) is 0 Å². The number of oxazole rings is 1. The number of para-hydroxylation sites is 2. The summed E-state index contributed by atoms with van der Waals surface area (Å²) in [4.78, 5) is 17.4. The summed E-state index contributed by atoms with van der Waals surface area (Å²) in [5.74, 6) is 1.24. The van der Waals surface area contributed by atoms with Crippen molar-refractivity contribution in [2.45, 2.75) is 0 Å². The Bertz CT molecular complexity index is 1280. The zero-order valence-electron chi connectivity index (χ0n) is 18.2. The minimum atomic E-state index is -0.476. The molecule has 0 saturated carbocycles. The van der Waals surface area contributed by atoms with Gasteiger partial charge in [0.2, 0.25) is 5.89 Å². The van der Waals surface area contributed by atoms with Gasteiger partial charge in [0.25, 0.3) is 5.91 Å². The van der Waals surface area contributed by atoms with Crippen molar-refractivity contribution in [3.8, 4) is 28.7 Å². The lowest BCUT2D eigenvalue weighted by atomic mass is 10.1. The first-order chi connectivity index (χ1) is 16.0. The van der Waals surface area contributed by atoms with E-state index in [1.165, 1.54) is 14.2 Å². The van der Waals surface area contributed by atoms with E-state index in [-0.39, 0.29) is 10.7 Å². The number of rotatable bonds is 6. The summed E-state index contributed by atoms with van der Waals surface area (Å²) in [5, 5.41) is 5.73. The molecule has 2 N–H and O–H groups in total. The third kappa shape index (κ3) is 4.58. The van der Waals surface area contributed by atoms with Crippen molar-refractivity contribution in [2.24, 2.45) is 0 Å². The fraction of sp³-hybridized carbons (Fsp3) is 0.125. The number of carbonyl (C=O) groups is 1. The highest BCUT2D eigenvalue weighted by Crippen LogP contribution is 2.32. The van der Waals surface area contributed by atoms with E-state index in [1.807, 2.05) is 30.3 Å². The van der Waals surface area contributed by atoms with Gasteiger partial charge >= 0.3 is 0 Å². The molecule has 0 aliphatic rings. The number of hydrogen-bond donors (Lipinski definition) is 2. The molecule has 1 aromatic heterocycles. The quantitative estimate of drug-likeness (QED) is 0.399. The third-order valence-electron chi connectivity index (χ3n) is 4.87. The van der Waals surface area contributed by atoms with Crippen LogP contribution >= 0.6 is 12.2 Å². The summed E-state index contributed by atoms with van der Waals surface area (Å²) in [5.41, 5.74) is 2.93. The molecule has 0 bridgehead atoms. The van der Waals surface area contributed by atoms with E-state index < -0.39 is 5.91 Å². The average molecular weight is 464 g/mol. The van der Waals surface area contributed by atoms with Crippen LogP contribution in [0.4, 0.5) is 5.69 Å². The van der Waals surface area contributed by atoms with Gasteiger partial charge in [-0.05, 0) is 54.7 Å². The SMILES string of the molecule is COc1ccc(-c2nc3ccccc3o2)cc1NC(=S)NC(=O)c1c(OC)cccc1OC. The Morgan fingerprint density at radius 1 is 0.909 bits per heavy atom. The smallest absolute Gasteiger partial charge is 0.264 e. The van der Waals surface area contributed by atoms with Crippen LogP contribution < -0.4 is 24.8 Å². The zero-order chi connectivity index (χ0) is 23.4. The minimum Gasteiger partial charge on any atom is -0.496 e. The Morgan fingerprint density at radius 2 is 1.61 bits per heavy atom. The van der Waals surface area contributed by atoms with Crippen LogP contribution in [-0.2, 0) is 0 Å².